The average Bonchev–Trinajstić information content (AvgIpc) is 2.39. The quantitative estimate of drug-likeness (QED) is 0.858. The van der Waals surface area contributed by atoms with Crippen LogP contribution in [0.2, 0.25) is 0 Å². The summed E-state index contributed by atoms with van der Waals surface area (Å²) in [5, 5.41) is 12.0. The van der Waals surface area contributed by atoms with Crippen molar-refractivity contribution in [2.75, 3.05) is 25.5 Å². The summed E-state index contributed by atoms with van der Waals surface area (Å²) in [5.74, 6) is -0.562. The van der Waals surface area contributed by atoms with Gasteiger partial charge in [-0.25, -0.2) is 9.37 Å². The van der Waals surface area contributed by atoms with Crippen LogP contribution in [0.1, 0.15) is 30.1 Å². The second-order valence-corrected chi connectivity index (χ2v) is 5.23. The van der Waals surface area contributed by atoms with Crippen LogP contribution in [-0.4, -0.2) is 47.1 Å². The largest absolute Gasteiger partial charge is 0.393 e. The number of pyridine rings is 1. The van der Waals surface area contributed by atoms with Crippen molar-refractivity contribution in [1.29, 1.82) is 0 Å². The number of aliphatic hydroxyl groups excluding tert-OH is 1. The number of amides is 1. The number of carbonyl (C=O) groups is 1. The van der Waals surface area contributed by atoms with Crippen molar-refractivity contribution in [3.05, 3.63) is 23.6 Å². The molecule has 1 aliphatic carbocycles. The van der Waals surface area contributed by atoms with Gasteiger partial charge in [-0.3, -0.25) is 4.79 Å². The molecule has 20 heavy (non-hydrogen) atoms. The molecule has 5 nitrogen and oxygen atoms in total. The molecule has 1 fully saturated rings. The minimum atomic E-state index is -0.611. The Morgan fingerprint density at radius 1 is 1.60 bits per heavy atom. The molecule has 1 aromatic heterocycles. The summed E-state index contributed by atoms with van der Waals surface area (Å²) in [4.78, 5) is 17.6. The number of halogens is 1. The summed E-state index contributed by atoms with van der Waals surface area (Å²) in [7, 11) is 1.65. The molecule has 1 aliphatic rings. The van der Waals surface area contributed by atoms with E-state index in [1.54, 1.807) is 7.05 Å². The molecule has 0 unspecified atom stereocenters. The van der Waals surface area contributed by atoms with Gasteiger partial charge in [0.15, 0.2) is 11.6 Å². The summed E-state index contributed by atoms with van der Waals surface area (Å²) >= 11 is 0. The van der Waals surface area contributed by atoms with Gasteiger partial charge in [0.05, 0.1) is 11.7 Å². The highest BCUT2D eigenvalue weighted by molar-refractivity contribution is 5.95. The Hall–Kier alpha value is -1.69. The van der Waals surface area contributed by atoms with Gasteiger partial charge in [0.2, 0.25) is 0 Å². The predicted octanol–water partition coefficient (Wildman–Crippen LogP) is 1.50. The van der Waals surface area contributed by atoms with Crippen molar-refractivity contribution in [3.8, 4) is 0 Å². The fourth-order valence-corrected chi connectivity index (χ4v) is 2.43. The Labute approximate surface area is 117 Å². The molecular weight excluding hydrogens is 261 g/mol. The van der Waals surface area contributed by atoms with E-state index in [9.17, 15) is 14.3 Å². The summed E-state index contributed by atoms with van der Waals surface area (Å²) in [5.41, 5.74) is 0.0262. The van der Waals surface area contributed by atoms with E-state index in [4.69, 9.17) is 0 Å². The maximum Gasteiger partial charge on any atom is 0.256 e. The summed E-state index contributed by atoms with van der Waals surface area (Å²) in [6.45, 7) is 2.91. The summed E-state index contributed by atoms with van der Waals surface area (Å²) in [6, 6.07) is 1.39. The maximum atomic E-state index is 14.2. The second kappa shape index (κ2) is 6.17. The summed E-state index contributed by atoms with van der Waals surface area (Å²) < 4.78 is 14.2. The van der Waals surface area contributed by atoms with Gasteiger partial charge in [0.1, 0.15) is 0 Å². The van der Waals surface area contributed by atoms with E-state index >= 15 is 0 Å². The number of aliphatic hydroxyl groups is 1. The minimum Gasteiger partial charge on any atom is -0.393 e. The fraction of sp³-hybridized carbons (Fsp3) is 0.571. The molecule has 0 saturated heterocycles. The fourth-order valence-electron chi connectivity index (χ4n) is 2.43. The zero-order valence-electron chi connectivity index (χ0n) is 11.8. The smallest absolute Gasteiger partial charge is 0.256 e. The van der Waals surface area contributed by atoms with Crippen molar-refractivity contribution in [2.24, 2.45) is 5.92 Å². The molecule has 2 rings (SSSR count). The average molecular weight is 281 g/mol. The molecule has 1 heterocycles. The van der Waals surface area contributed by atoms with Crippen LogP contribution in [0.3, 0.4) is 0 Å². The number of carbonyl (C=O) groups excluding carboxylic acids is 1. The molecule has 0 aliphatic heterocycles. The number of nitrogens with zero attached hydrogens (tertiary/aromatic N) is 2. The van der Waals surface area contributed by atoms with Gasteiger partial charge in [0.25, 0.3) is 5.91 Å². The SMILES string of the molecule is CCNc1nccc(C(=O)N(C)CC2CC(O)C2)c1F. The zero-order valence-corrected chi connectivity index (χ0v) is 11.8. The van der Waals surface area contributed by atoms with Crippen LogP contribution in [0.15, 0.2) is 12.3 Å². The lowest BCUT2D eigenvalue weighted by Gasteiger charge is -2.34. The van der Waals surface area contributed by atoms with Crippen molar-refractivity contribution < 1.29 is 14.3 Å². The highest BCUT2D eigenvalue weighted by Gasteiger charge is 2.30. The Balaban J connectivity index is 2.06. The first kappa shape index (κ1) is 14.7. The van der Waals surface area contributed by atoms with Crippen LogP contribution in [0.25, 0.3) is 0 Å². The van der Waals surface area contributed by atoms with Crippen LogP contribution in [0, 0.1) is 11.7 Å². The van der Waals surface area contributed by atoms with Gasteiger partial charge < -0.3 is 15.3 Å². The maximum absolute atomic E-state index is 14.2. The minimum absolute atomic E-state index is 0.0262. The Bertz CT molecular complexity index is 489. The molecule has 0 atom stereocenters. The molecule has 6 heteroatoms. The van der Waals surface area contributed by atoms with Gasteiger partial charge >= 0.3 is 0 Å². The molecule has 0 aromatic carbocycles. The second-order valence-electron chi connectivity index (χ2n) is 5.23. The Kier molecular flexibility index (Phi) is 4.54. The topological polar surface area (TPSA) is 65.5 Å². The monoisotopic (exact) mass is 281 g/mol. The van der Waals surface area contributed by atoms with Crippen molar-refractivity contribution in [2.45, 2.75) is 25.9 Å². The van der Waals surface area contributed by atoms with Crippen molar-refractivity contribution >= 4 is 11.7 Å². The third-order valence-corrected chi connectivity index (χ3v) is 3.55. The third-order valence-electron chi connectivity index (χ3n) is 3.55. The van der Waals surface area contributed by atoms with Crippen LogP contribution < -0.4 is 5.32 Å². The summed E-state index contributed by atoms with van der Waals surface area (Å²) in [6.07, 6.45) is 2.59. The van der Waals surface area contributed by atoms with Gasteiger partial charge in [-0.15, -0.1) is 0 Å². The molecule has 0 bridgehead atoms. The highest BCUT2D eigenvalue weighted by Crippen LogP contribution is 2.28. The lowest BCUT2D eigenvalue weighted by Crippen LogP contribution is -2.39. The van der Waals surface area contributed by atoms with E-state index in [-0.39, 0.29) is 23.4 Å². The van der Waals surface area contributed by atoms with E-state index in [1.807, 2.05) is 6.92 Å². The molecule has 1 amide bonds. The molecule has 1 aromatic rings. The van der Waals surface area contributed by atoms with Gasteiger partial charge in [-0.1, -0.05) is 0 Å². The first-order valence-electron chi connectivity index (χ1n) is 6.84. The normalized spacial score (nSPS) is 21.2. The number of anilines is 1. The van der Waals surface area contributed by atoms with E-state index in [2.05, 4.69) is 10.3 Å². The van der Waals surface area contributed by atoms with E-state index in [1.165, 1.54) is 17.2 Å². The van der Waals surface area contributed by atoms with Crippen LogP contribution in [0.4, 0.5) is 10.2 Å². The lowest BCUT2D eigenvalue weighted by atomic mass is 9.82. The van der Waals surface area contributed by atoms with Gasteiger partial charge in [-0.05, 0) is 31.7 Å². The lowest BCUT2D eigenvalue weighted by molar-refractivity contribution is 0.0264. The van der Waals surface area contributed by atoms with Crippen molar-refractivity contribution in [3.63, 3.8) is 0 Å². The first-order chi connectivity index (χ1) is 9.52. The third kappa shape index (κ3) is 3.07. The molecule has 0 radical (unpaired) electrons. The van der Waals surface area contributed by atoms with Gasteiger partial charge in [-0.2, -0.15) is 0 Å². The Morgan fingerprint density at radius 2 is 2.30 bits per heavy atom. The van der Waals surface area contributed by atoms with E-state index < -0.39 is 5.82 Å². The van der Waals surface area contributed by atoms with Crippen molar-refractivity contribution in [1.82, 2.24) is 9.88 Å². The van der Waals surface area contributed by atoms with Crippen LogP contribution in [-0.2, 0) is 0 Å². The molecule has 2 N–H and O–H groups in total. The van der Waals surface area contributed by atoms with E-state index in [0.29, 0.717) is 31.8 Å². The number of rotatable bonds is 5. The van der Waals surface area contributed by atoms with Crippen LogP contribution in [0.5, 0.6) is 0 Å². The molecule has 1 saturated carbocycles. The standard InChI is InChI=1S/C14H20FN3O2/c1-3-16-13-12(15)11(4-5-17-13)14(20)18(2)8-9-6-10(19)7-9/h4-5,9-10,19H,3,6-8H2,1-2H3,(H,16,17). The van der Waals surface area contributed by atoms with Gasteiger partial charge in [0, 0.05) is 26.3 Å². The number of aromatic nitrogens is 1. The van der Waals surface area contributed by atoms with Crippen LogP contribution >= 0.6 is 0 Å². The highest BCUT2D eigenvalue weighted by atomic mass is 19.1. The van der Waals surface area contributed by atoms with E-state index in [0.717, 1.165) is 0 Å². The predicted molar refractivity (Wildman–Crippen MR) is 74.1 cm³/mol. The molecule has 110 valence electrons. The number of hydrogen-bond acceptors (Lipinski definition) is 4. The Morgan fingerprint density at radius 3 is 2.90 bits per heavy atom. The zero-order chi connectivity index (χ0) is 14.7. The first-order valence-corrected chi connectivity index (χ1v) is 6.84. The number of hydrogen-bond donors (Lipinski definition) is 2. The molecule has 0 spiro atoms. The molecular formula is C14H20FN3O2. The number of nitrogens with one attached hydrogen (secondary N) is 1.